The van der Waals surface area contributed by atoms with Crippen molar-refractivity contribution >= 4 is 0 Å². The normalized spacial score (nSPS) is 41.7. The molecule has 19 heavy (non-hydrogen) atoms. The molecule has 0 spiro atoms. The van der Waals surface area contributed by atoms with Crippen LogP contribution in [-0.4, -0.2) is 25.8 Å². The van der Waals surface area contributed by atoms with E-state index in [1.165, 1.54) is 19.3 Å². The van der Waals surface area contributed by atoms with Gasteiger partial charge in [-0.15, -0.1) is 0 Å². The Balaban J connectivity index is 1.50. The van der Waals surface area contributed by atoms with Crippen LogP contribution in [0.5, 0.6) is 0 Å². The van der Waals surface area contributed by atoms with E-state index in [4.69, 9.17) is 4.74 Å². The Kier molecular flexibility index (Phi) is 4.19. The van der Waals surface area contributed by atoms with Crippen LogP contribution in [0.2, 0.25) is 0 Å². The average Bonchev–Trinajstić information content (AvgIpc) is 2.36. The second kappa shape index (κ2) is 5.73. The maximum atomic E-state index is 5.59. The SMILES string of the molecule is CCCOCCNC(C)C12CC3CC(CC(C3)C1)C2. The van der Waals surface area contributed by atoms with E-state index in [1.807, 2.05) is 0 Å². The quantitative estimate of drug-likeness (QED) is 0.710. The molecule has 0 aromatic heterocycles. The molecule has 0 saturated heterocycles. The Hall–Kier alpha value is -0.0800. The summed E-state index contributed by atoms with van der Waals surface area (Å²) in [6.07, 6.45) is 10.3. The predicted octanol–water partition coefficient (Wildman–Crippen LogP) is 3.61. The number of hydrogen-bond donors (Lipinski definition) is 1. The molecule has 4 fully saturated rings. The van der Waals surface area contributed by atoms with Gasteiger partial charge in [-0.2, -0.15) is 0 Å². The van der Waals surface area contributed by atoms with Crippen molar-refractivity contribution in [2.45, 2.75) is 64.8 Å². The van der Waals surface area contributed by atoms with Crippen LogP contribution < -0.4 is 5.32 Å². The molecule has 110 valence electrons. The molecule has 2 heteroatoms. The van der Waals surface area contributed by atoms with Gasteiger partial charge >= 0.3 is 0 Å². The van der Waals surface area contributed by atoms with Crippen molar-refractivity contribution in [3.8, 4) is 0 Å². The topological polar surface area (TPSA) is 21.3 Å². The van der Waals surface area contributed by atoms with Crippen molar-refractivity contribution in [1.29, 1.82) is 0 Å². The maximum Gasteiger partial charge on any atom is 0.0590 e. The summed E-state index contributed by atoms with van der Waals surface area (Å²) in [7, 11) is 0. The first-order chi connectivity index (χ1) is 9.22. The fourth-order valence-corrected chi connectivity index (χ4v) is 5.52. The lowest BCUT2D eigenvalue weighted by molar-refractivity contribution is -0.0710. The van der Waals surface area contributed by atoms with E-state index in [-0.39, 0.29) is 0 Å². The molecule has 4 aliphatic carbocycles. The minimum absolute atomic E-state index is 0.638. The van der Waals surface area contributed by atoms with Gasteiger partial charge in [-0.1, -0.05) is 6.92 Å². The highest BCUT2D eigenvalue weighted by atomic mass is 16.5. The summed E-state index contributed by atoms with van der Waals surface area (Å²) in [5, 5.41) is 3.77. The monoisotopic (exact) mass is 265 g/mol. The molecule has 2 nitrogen and oxygen atoms in total. The van der Waals surface area contributed by atoms with Crippen molar-refractivity contribution in [3.63, 3.8) is 0 Å². The van der Waals surface area contributed by atoms with Crippen molar-refractivity contribution in [3.05, 3.63) is 0 Å². The maximum absolute atomic E-state index is 5.59. The van der Waals surface area contributed by atoms with Crippen molar-refractivity contribution in [1.82, 2.24) is 5.32 Å². The summed E-state index contributed by atoms with van der Waals surface area (Å²) in [5.41, 5.74) is 0.638. The number of hydrogen-bond acceptors (Lipinski definition) is 2. The zero-order valence-corrected chi connectivity index (χ0v) is 12.8. The van der Waals surface area contributed by atoms with E-state index in [2.05, 4.69) is 19.2 Å². The highest BCUT2D eigenvalue weighted by molar-refractivity contribution is 5.05. The van der Waals surface area contributed by atoms with Crippen LogP contribution in [0.1, 0.15) is 58.8 Å². The molecule has 1 unspecified atom stereocenters. The summed E-state index contributed by atoms with van der Waals surface area (Å²) in [4.78, 5) is 0. The molecule has 0 amide bonds. The van der Waals surface area contributed by atoms with Gasteiger partial charge in [0.1, 0.15) is 0 Å². The predicted molar refractivity (Wildman–Crippen MR) is 79.2 cm³/mol. The van der Waals surface area contributed by atoms with Gasteiger partial charge < -0.3 is 10.1 Å². The Bertz CT molecular complexity index is 266. The molecule has 0 radical (unpaired) electrons. The van der Waals surface area contributed by atoms with E-state index < -0.39 is 0 Å². The first kappa shape index (κ1) is 13.9. The van der Waals surface area contributed by atoms with Crippen LogP contribution in [0, 0.1) is 23.2 Å². The Morgan fingerprint density at radius 1 is 1.05 bits per heavy atom. The smallest absolute Gasteiger partial charge is 0.0590 e. The molecular formula is C17H31NO. The number of nitrogens with one attached hydrogen (secondary N) is 1. The molecule has 1 atom stereocenters. The van der Waals surface area contributed by atoms with Gasteiger partial charge in [0.05, 0.1) is 6.61 Å². The van der Waals surface area contributed by atoms with Gasteiger partial charge in [-0.3, -0.25) is 0 Å². The van der Waals surface area contributed by atoms with E-state index in [1.54, 1.807) is 19.3 Å². The summed E-state index contributed by atoms with van der Waals surface area (Å²) in [6.45, 7) is 7.43. The van der Waals surface area contributed by atoms with Gasteiger partial charge in [0, 0.05) is 19.2 Å². The van der Waals surface area contributed by atoms with E-state index in [0.29, 0.717) is 11.5 Å². The number of ether oxygens (including phenoxy) is 1. The van der Waals surface area contributed by atoms with Crippen molar-refractivity contribution < 1.29 is 4.74 Å². The molecule has 4 rings (SSSR count). The Morgan fingerprint density at radius 2 is 1.63 bits per heavy atom. The van der Waals surface area contributed by atoms with E-state index >= 15 is 0 Å². The van der Waals surface area contributed by atoms with Gasteiger partial charge in [-0.05, 0) is 75.0 Å². The summed E-state index contributed by atoms with van der Waals surface area (Å²) in [5.74, 6) is 3.19. The first-order valence-electron chi connectivity index (χ1n) is 8.53. The highest BCUT2D eigenvalue weighted by Gasteiger charge is 2.52. The molecule has 0 aromatic rings. The third kappa shape index (κ3) is 2.85. The van der Waals surface area contributed by atoms with Crippen LogP contribution in [0.15, 0.2) is 0 Å². The summed E-state index contributed by atoms with van der Waals surface area (Å²) in [6, 6.07) is 0.686. The lowest BCUT2D eigenvalue weighted by Crippen LogP contribution is -2.55. The van der Waals surface area contributed by atoms with Crippen molar-refractivity contribution in [2.75, 3.05) is 19.8 Å². The number of rotatable bonds is 7. The standard InChI is InChI=1S/C17H31NO/c1-3-5-19-6-4-18-13(2)17-10-14-7-15(11-17)9-16(8-14)12-17/h13-16,18H,3-12H2,1-2H3. The molecule has 4 aliphatic rings. The minimum atomic E-state index is 0.638. The molecule has 1 N–H and O–H groups in total. The third-order valence-electron chi connectivity index (χ3n) is 6.05. The molecule has 0 aromatic carbocycles. The Morgan fingerprint density at radius 3 is 2.16 bits per heavy atom. The fraction of sp³-hybridized carbons (Fsp3) is 1.00. The van der Waals surface area contributed by atoms with Crippen LogP contribution in [0.4, 0.5) is 0 Å². The van der Waals surface area contributed by atoms with Crippen LogP contribution in [-0.2, 0) is 4.74 Å². The summed E-state index contributed by atoms with van der Waals surface area (Å²) >= 11 is 0. The van der Waals surface area contributed by atoms with Gasteiger partial charge in [-0.25, -0.2) is 0 Å². The van der Waals surface area contributed by atoms with Crippen LogP contribution in [0.3, 0.4) is 0 Å². The average molecular weight is 265 g/mol. The van der Waals surface area contributed by atoms with Crippen molar-refractivity contribution in [2.24, 2.45) is 23.2 Å². The molecule has 4 bridgehead atoms. The molecule has 0 heterocycles. The zero-order valence-electron chi connectivity index (χ0n) is 12.8. The summed E-state index contributed by atoms with van der Waals surface area (Å²) < 4.78 is 5.59. The lowest BCUT2D eigenvalue weighted by Gasteiger charge is -2.59. The van der Waals surface area contributed by atoms with Crippen LogP contribution in [0.25, 0.3) is 0 Å². The van der Waals surface area contributed by atoms with E-state index in [9.17, 15) is 0 Å². The largest absolute Gasteiger partial charge is 0.380 e. The zero-order chi connectivity index (χ0) is 13.3. The second-order valence-electron chi connectivity index (χ2n) is 7.57. The Labute approximate surface area is 118 Å². The molecule has 4 saturated carbocycles. The molecular weight excluding hydrogens is 234 g/mol. The third-order valence-corrected chi connectivity index (χ3v) is 6.05. The van der Waals surface area contributed by atoms with Crippen LogP contribution >= 0.6 is 0 Å². The first-order valence-corrected chi connectivity index (χ1v) is 8.53. The van der Waals surface area contributed by atoms with Gasteiger partial charge in [0.15, 0.2) is 0 Å². The van der Waals surface area contributed by atoms with E-state index in [0.717, 1.165) is 43.9 Å². The highest BCUT2D eigenvalue weighted by Crippen LogP contribution is 2.61. The fourth-order valence-electron chi connectivity index (χ4n) is 5.52. The van der Waals surface area contributed by atoms with Gasteiger partial charge in [0.25, 0.3) is 0 Å². The minimum Gasteiger partial charge on any atom is -0.380 e. The second-order valence-corrected chi connectivity index (χ2v) is 7.57. The lowest BCUT2D eigenvalue weighted by atomic mass is 9.48. The molecule has 0 aliphatic heterocycles. The van der Waals surface area contributed by atoms with Gasteiger partial charge in [0.2, 0.25) is 0 Å².